The molecule has 39 heavy (non-hydrogen) atoms. The number of imidazole rings is 1. The molecule has 1 unspecified atom stereocenters. The molecule has 11 nitrogen and oxygen atoms in total. The number of nitrogens with zero attached hydrogens (tertiary/aromatic N) is 5. The zero-order valence-corrected chi connectivity index (χ0v) is 23.2. The maximum absolute atomic E-state index is 13.8. The van der Waals surface area contributed by atoms with Gasteiger partial charge in [-0.3, -0.25) is 13.9 Å². The molecular formula is C28H38N6O5. The lowest BCUT2D eigenvalue weighted by Gasteiger charge is -2.31. The smallest absolute Gasteiger partial charge is 0.344 e. The van der Waals surface area contributed by atoms with Crippen LogP contribution in [0.25, 0.3) is 11.2 Å². The van der Waals surface area contributed by atoms with Crippen molar-refractivity contribution in [2.75, 3.05) is 31.2 Å². The summed E-state index contributed by atoms with van der Waals surface area (Å²) in [6.45, 7) is 7.94. The second-order valence-electron chi connectivity index (χ2n) is 10.1. The van der Waals surface area contributed by atoms with Crippen molar-refractivity contribution in [3.63, 3.8) is 0 Å². The molecule has 1 fully saturated rings. The molecule has 0 aliphatic carbocycles. The second kappa shape index (κ2) is 12.3. The third-order valence-corrected chi connectivity index (χ3v) is 6.82. The topological polar surface area (TPSA) is 127 Å². The molecule has 210 valence electrons. The van der Waals surface area contributed by atoms with Gasteiger partial charge in [-0.25, -0.2) is 9.59 Å². The van der Waals surface area contributed by atoms with Crippen LogP contribution in [0.2, 0.25) is 0 Å². The first kappa shape index (κ1) is 28.2. The lowest BCUT2D eigenvalue weighted by Crippen LogP contribution is -2.44. The number of carbonyl (C=O) groups excluding carboxylic acids is 1. The fourth-order valence-electron chi connectivity index (χ4n) is 4.81. The number of fused-ring (bicyclic) bond motifs is 1. The predicted molar refractivity (Wildman–Crippen MR) is 150 cm³/mol. The van der Waals surface area contributed by atoms with E-state index in [4.69, 9.17) is 20.2 Å². The number of carbonyl (C=O) groups is 1. The molecule has 4 rings (SSSR count). The van der Waals surface area contributed by atoms with E-state index in [0.717, 1.165) is 30.5 Å². The monoisotopic (exact) mass is 538 g/mol. The Morgan fingerprint density at radius 3 is 2.74 bits per heavy atom. The van der Waals surface area contributed by atoms with Crippen molar-refractivity contribution in [3.05, 3.63) is 62.3 Å². The van der Waals surface area contributed by atoms with E-state index in [1.165, 1.54) is 9.13 Å². The number of esters is 1. The van der Waals surface area contributed by atoms with Gasteiger partial charge < -0.3 is 24.7 Å². The van der Waals surface area contributed by atoms with Gasteiger partial charge in [0.25, 0.3) is 5.56 Å². The quantitative estimate of drug-likeness (QED) is 0.307. The van der Waals surface area contributed by atoms with Gasteiger partial charge in [-0.05, 0) is 57.7 Å². The number of rotatable bonds is 10. The molecule has 3 heterocycles. The fraction of sp³-hybridized carbons (Fsp3) is 0.500. The summed E-state index contributed by atoms with van der Waals surface area (Å²) < 4.78 is 15.0. The third-order valence-electron chi connectivity index (χ3n) is 6.82. The summed E-state index contributed by atoms with van der Waals surface area (Å²) in [5, 5.41) is 0. The summed E-state index contributed by atoms with van der Waals surface area (Å²) in [5.74, 6) is 0.733. The highest BCUT2D eigenvalue weighted by Gasteiger charge is 2.26. The largest absolute Gasteiger partial charge is 0.482 e. The van der Waals surface area contributed by atoms with E-state index in [1.807, 2.05) is 36.6 Å². The lowest BCUT2D eigenvalue weighted by molar-refractivity contribution is -0.145. The Bertz CT molecular complexity index is 1480. The molecular weight excluding hydrogens is 500 g/mol. The van der Waals surface area contributed by atoms with Crippen molar-refractivity contribution < 1.29 is 14.3 Å². The molecule has 1 aromatic carbocycles. The zero-order valence-electron chi connectivity index (χ0n) is 23.2. The van der Waals surface area contributed by atoms with Gasteiger partial charge in [0.1, 0.15) is 5.75 Å². The number of ether oxygens (including phenoxy) is 2. The van der Waals surface area contributed by atoms with Crippen LogP contribution in [0.15, 0.2) is 45.5 Å². The van der Waals surface area contributed by atoms with Gasteiger partial charge in [-0.15, -0.1) is 0 Å². The first-order valence-corrected chi connectivity index (χ1v) is 13.4. The van der Waals surface area contributed by atoms with Crippen molar-refractivity contribution in [2.45, 2.75) is 59.2 Å². The molecule has 2 aromatic heterocycles. The van der Waals surface area contributed by atoms with Gasteiger partial charge in [-0.2, -0.15) is 4.98 Å². The van der Waals surface area contributed by atoms with Crippen LogP contribution in [0.5, 0.6) is 5.75 Å². The van der Waals surface area contributed by atoms with Gasteiger partial charge in [-0.1, -0.05) is 23.8 Å². The summed E-state index contributed by atoms with van der Waals surface area (Å²) in [6, 6.07) is 7.28. The molecule has 1 aliphatic heterocycles. The Balaban J connectivity index is 1.67. The van der Waals surface area contributed by atoms with Crippen LogP contribution in [0.1, 0.15) is 39.2 Å². The lowest BCUT2D eigenvalue weighted by atomic mass is 10.1. The summed E-state index contributed by atoms with van der Waals surface area (Å²) in [4.78, 5) is 45.6. The van der Waals surface area contributed by atoms with Crippen molar-refractivity contribution in [3.8, 4) is 5.75 Å². The van der Waals surface area contributed by atoms with Crippen LogP contribution in [-0.4, -0.2) is 57.0 Å². The summed E-state index contributed by atoms with van der Waals surface area (Å²) in [6.07, 6.45) is 4.36. The first-order valence-electron chi connectivity index (χ1n) is 13.4. The molecule has 2 N–H and O–H groups in total. The van der Waals surface area contributed by atoms with Crippen LogP contribution < -0.4 is 26.6 Å². The number of anilines is 1. The average molecular weight is 539 g/mol. The normalized spacial score (nSPS) is 15.4. The molecule has 11 heteroatoms. The SMILES string of the molecule is CCOC(=O)COc1cccc(CCn2c(=O)c3c(nc(N4CCCC(N)C4)n3CC=C(C)C)n(C)c2=O)c1. The minimum Gasteiger partial charge on any atom is -0.482 e. The molecule has 0 spiro atoms. The van der Waals surface area contributed by atoms with Crippen molar-refractivity contribution in [1.29, 1.82) is 0 Å². The standard InChI is InChI=1S/C28H38N6O5/c1-5-38-23(35)18-39-22-10-6-8-20(16-22)12-15-34-26(36)24-25(31(4)28(34)37)30-27(33(24)14-11-19(2)3)32-13-7-9-21(29)17-32/h6,8,10-11,16,21H,5,7,9,12-15,17-18,29H2,1-4H3. The Kier molecular flexibility index (Phi) is 8.90. The highest BCUT2D eigenvalue weighted by Crippen LogP contribution is 2.23. The van der Waals surface area contributed by atoms with Crippen molar-refractivity contribution >= 4 is 23.1 Å². The molecule has 1 saturated heterocycles. The summed E-state index contributed by atoms with van der Waals surface area (Å²) >= 11 is 0. The Morgan fingerprint density at radius 1 is 1.23 bits per heavy atom. The van der Waals surface area contributed by atoms with Gasteiger partial charge in [0.2, 0.25) is 5.95 Å². The first-order chi connectivity index (χ1) is 18.7. The van der Waals surface area contributed by atoms with E-state index in [9.17, 15) is 14.4 Å². The number of allylic oxidation sites excluding steroid dienone is 2. The number of hydrogen-bond donors (Lipinski definition) is 1. The number of hydrogen-bond acceptors (Lipinski definition) is 8. The van der Waals surface area contributed by atoms with E-state index in [-0.39, 0.29) is 31.4 Å². The van der Waals surface area contributed by atoms with Crippen LogP contribution in [0, 0.1) is 0 Å². The second-order valence-corrected chi connectivity index (χ2v) is 10.1. The Morgan fingerprint density at radius 2 is 2.03 bits per heavy atom. The van der Waals surface area contributed by atoms with Crippen molar-refractivity contribution in [2.24, 2.45) is 12.8 Å². The van der Waals surface area contributed by atoms with E-state index in [1.54, 1.807) is 26.1 Å². The van der Waals surface area contributed by atoms with Crippen LogP contribution in [0.3, 0.4) is 0 Å². The van der Waals surface area contributed by atoms with Gasteiger partial charge in [0, 0.05) is 39.3 Å². The zero-order chi connectivity index (χ0) is 28.1. The third kappa shape index (κ3) is 6.42. The van der Waals surface area contributed by atoms with Gasteiger partial charge in [0.05, 0.1) is 6.61 Å². The fourth-order valence-corrected chi connectivity index (χ4v) is 4.81. The summed E-state index contributed by atoms with van der Waals surface area (Å²) in [5.41, 5.74) is 8.21. The number of aromatic nitrogens is 4. The molecule has 0 radical (unpaired) electrons. The Labute approximate surface area is 227 Å². The average Bonchev–Trinajstić information content (AvgIpc) is 3.30. The van der Waals surface area contributed by atoms with E-state index in [2.05, 4.69) is 4.90 Å². The van der Waals surface area contributed by atoms with E-state index >= 15 is 0 Å². The molecule has 0 saturated carbocycles. The molecule has 1 atom stereocenters. The van der Waals surface area contributed by atoms with Gasteiger partial charge >= 0.3 is 11.7 Å². The Hall–Kier alpha value is -3.86. The highest BCUT2D eigenvalue weighted by molar-refractivity contribution is 5.75. The number of nitrogens with two attached hydrogens (primary N) is 1. The van der Waals surface area contributed by atoms with E-state index < -0.39 is 11.7 Å². The maximum atomic E-state index is 13.8. The maximum Gasteiger partial charge on any atom is 0.344 e. The minimum atomic E-state index is -0.443. The van der Waals surface area contributed by atoms with E-state index in [0.29, 0.717) is 42.4 Å². The number of benzene rings is 1. The number of piperidine rings is 1. The molecule has 0 bridgehead atoms. The molecule has 1 aliphatic rings. The molecule has 0 amide bonds. The van der Waals surface area contributed by atoms with Crippen LogP contribution >= 0.6 is 0 Å². The van der Waals surface area contributed by atoms with Crippen molar-refractivity contribution in [1.82, 2.24) is 18.7 Å². The van der Waals surface area contributed by atoms with Gasteiger partial charge in [0.15, 0.2) is 17.8 Å². The van der Waals surface area contributed by atoms with Crippen LogP contribution in [-0.2, 0) is 36.1 Å². The number of aryl methyl sites for hydroxylation is 2. The highest BCUT2D eigenvalue weighted by atomic mass is 16.6. The summed E-state index contributed by atoms with van der Waals surface area (Å²) in [7, 11) is 1.65. The molecule has 3 aromatic rings. The van der Waals surface area contributed by atoms with Crippen LogP contribution in [0.4, 0.5) is 5.95 Å². The minimum absolute atomic E-state index is 0.0352. The predicted octanol–water partition coefficient (Wildman–Crippen LogP) is 1.98.